The number of rotatable bonds is 2. The van der Waals surface area contributed by atoms with Gasteiger partial charge in [0.25, 0.3) is 0 Å². The summed E-state index contributed by atoms with van der Waals surface area (Å²) in [5.41, 5.74) is 1.82. The van der Waals surface area contributed by atoms with Crippen molar-refractivity contribution >= 4 is 15.9 Å². The van der Waals surface area contributed by atoms with Gasteiger partial charge in [0.1, 0.15) is 5.75 Å². The van der Waals surface area contributed by atoms with Gasteiger partial charge in [0.05, 0.1) is 4.90 Å². The van der Waals surface area contributed by atoms with E-state index in [1.807, 2.05) is 0 Å². The minimum absolute atomic E-state index is 0.211. The number of hydrogen-bond acceptors (Lipinski definition) is 3. The zero-order valence-electron chi connectivity index (χ0n) is 11.9. The molecular weight excluding hydrogens is 329 g/mol. The van der Waals surface area contributed by atoms with Crippen molar-refractivity contribution in [1.29, 1.82) is 0 Å². The summed E-state index contributed by atoms with van der Waals surface area (Å²) in [6, 6.07) is 10.2. The van der Waals surface area contributed by atoms with E-state index in [1.54, 1.807) is 18.2 Å². The molecule has 0 spiro atoms. The van der Waals surface area contributed by atoms with Crippen molar-refractivity contribution in [2.45, 2.75) is 18.2 Å². The highest BCUT2D eigenvalue weighted by molar-refractivity contribution is 7.95. The van der Waals surface area contributed by atoms with Crippen molar-refractivity contribution in [1.82, 2.24) is 0 Å². The lowest BCUT2D eigenvalue weighted by molar-refractivity contribution is -0.274. The van der Waals surface area contributed by atoms with Crippen molar-refractivity contribution in [3.63, 3.8) is 0 Å². The number of halogens is 3. The van der Waals surface area contributed by atoms with E-state index >= 15 is 0 Å². The van der Waals surface area contributed by atoms with Crippen LogP contribution in [0.1, 0.15) is 12.5 Å². The Morgan fingerprint density at radius 1 is 0.957 bits per heavy atom. The second kappa shape index (κ2) is 5.13. The molecule has 0 amide bonds. The Balaban J connectivity index is 1.95. The van der Waals surface area contributed by atoms with Gasteiger partial charge in [-0.1, -0.05) is 24.3 Å². The average Bonchev–Trinajstić information content (AvgIpc) is 2.68. The molecule has 0 atom stereocenters. The predicted octanol–water partition coefficient (Wildman–Crippen LogP) is 4.40. The van der Waals surface area contributed by atoms with Gasteiger partial charge in [-0.25, -0.2) is 8.42 Å². The van der Waals surface area contributed by atoms with Crippen molar-refractivity contribution in [2.75, 3.05) is 0 Å². The third-order valence-corrected chi connectivity index (χ3v) is 5.41. The highest BCUT2D eigenvalue weighted by Crippen LogP contribution is 2.35. The Labute approximate surface area is 130 Å². The fraction of sp³-hybridized carbons (Fsp3) is 0.125. The van der Waals surface area contributed by atoms with Gasteiger partial charge >= 0.3 is 6.36 Å². The molecule has 0 radical (unpaired) electrons. The minimum atomic E-state index is -4.74. The second-order valence-corrected chi connectivity index (χ2v) is 7.17. The van der Waals surface area contributed by atoms with E-state index in [0.717, 1.165) is 0 Å². The first-order valence-corrected chi connectivity index (χ1v) is 8.09. The zero-order chi connectivity index (χ0) is 16.8. The highest BCUT2D eigenvalue weighted by atomic mass is 32.2. The maximum atomic E-state index is 12.2. The Bertz CT molecular complexity index is 895. The second-order valence-electron chi connectivity index (χ2n) is 5.08. The van der Waals surface area contributed by atoms with Gasteiger partial charge in [0.2, 0.25) is 9.84 Å². The molecule has 7 heteroatoms. The number of fused-ring (bicyclic) bond motifs is 1. The van der Waals surface area contributed by atoms with Crippen LogP contribution in [0.4, 0.5) is 13.2 Å². The topological polar surface area (TPSA) is 43.4 Å². The van der Waals surface area contributed by atoms with Crippen LogP contribution in [0.5, 0.6) is 5.75 Å². The van der Waals surface area contributed by atoms with E-state index < -0.39 is 16.2 Å². The summed E-state index contributed by atoms with van der Waals surface area (Å²) in [4.78, 5) is 0.488. The molecule has 0 unspecified atom stereocenters. The predicted molar refractivity (Wildman–Crippen MR) is 79.4 cm³/mol. The smallest absolute Gasteiger partial charge is 0.406 e. The van der Waals surface area contributed by atoms with E-state index in [4.69, 9.17) is 0 Å². The molecule has 0 saturated carbocycles. The van der Waals surface area contributed by atoms with Crippen LogP contribution in [0, 0.1) is 0 Å². The van der Waals surface area contributed by atoms with Gasteiger partial charge in [-0.05, 0) is 47.9 Å². The van der Waals surface area contributed by atoms with Crippen molar-refractivity contribution < 1.29 is 26.3 Å². The quantitative estimate of drug-likeness (QED) is 0.814. The standard InChI is InChI=1S/C16H11F3O3S/c1-10-8-13-3-2-12(9-15(13)23(10,20)21)11-4-6-14(7-5-11)22-16(17,18)19/h2-9H,1H3. The van der Waals surface area contributed by atoms with Crippen molar-refractivity contribution in [2.24, 2.45) is 0 Å². The fourth-order valence-electron chi connectivity index (χ4n) is 2.38. The lowest BCUT2D eigenvalue weighted by Crippen LogP contribution is -2.16. The first-order chi connectivity index (χ1) is 10.7. The zero-order valence-corrected chi connectivity index (χ0v) is 12.7. The molecule has 1 aliphatic rings. The molecular formula is C16H11F3O3S. The first kappa shape index (κ1) is 15.6. The molecule has 1 aliphatic heterocycles. The molecule has 3 rings (SSSR count). The molecule has 0 bridgehead atoms. The molecule has 0 aliphatic carbocycles. The molecule has 0 N–H and O–H groups in total. The van der Waals surface area contributed by atoms with Crippen molar-refractivity contribution in [3.05, 3.63) is 52.9 Å². The number of alkyl halides is 3. The number of allylic oxidation sites excluding steroid dienone is 1. The summed E-state index contributed by atoms with van der Waals surface area (Å²) in [5.74, 6) is -0.326. The Kier molecular flexibility index (Phi) is 3.48. The van der Waals surface area contributed by atoms with E-state index in [1.165, 1.54) is 37.3 Å². The average molecular weight is 340 g/mol. The van der Waals surface area contributed by atoms with Gasteiger partial charge in [-0.3, -0.25) is 0 Å². The summed E-state index contributed by atoms with van der Waals surface area (Å²) < 4.78 is 64.6. The first-order valence-electron chi connectivity index (χ1n) is 6.60. The van der Waals surface area contributed by atoms with Gasteiger partial charge in [0.15, 0.2) is 0 Å². The Morgan fingerprint density at radius 3 is 2.17 bits per heavy atom. The number of benzene rings is 2. The molecule has 120 valence electrons. The molecule has 2 aromatic rings. The lowest BCUT2D eigenvalue weighted by atomic mass is 10.0. The number of ether oxygens (including phenoxy) is 1. The maximum absolute atomic E-state index is 12.2. The molecule has 1 heterocycles. The summed E-state index contributed by atoms with van der Waals surface area (Å²) in [6.45, 7) is 1.53. The number of hydrogen-bond donors (Lipinski definition) is 0. The summed E-state index contributed by atoms with van der Waals surface area (Å²) in [6.07, 6.45) is -3.15. The van der Waals surface area contributed by atoms with E-state index in [0.29, 0.717) is 16.7 Å². The Hall–Kier alpha value is -2.28. The third kappa shape index (κ3) is 2.96. The van der Waals surface area contributed by atoms with E-state index in [-0.39, 0.29) is 15.6 Å². The van der Waals surface area contributed by atoms with Crippen LogP contribution in [0.25, 0.3) is 17.2 Å². The van der Waals surface area contributed by atoms with Gasteiger partial charge < -0.3 is 4.74 Å². The molecule has 23 heavy (non-hydrogen) atoms. The fourth-order valence-corrected chi connectivity index (χ4v) is 3.73. The molecule has 0 saturated heterocycles. The molecule has 0 aromatic heterocycles. The summed E-state index contributed by atoms with van der Waals surface area (Å²) in [5, 5.41) is 0. The van der Waals surface area contributed by atoms with E-state index in [9.17, 15) is 21.6 Å². The largest absolute Gasteiger partial charge is 0.573 e. The van der Waals surface area contributed by atoms with E-state index in [2.05, 4.69) is 4.74 Å². The monoisotopic (exact) mass is 340 g/mol. The Morgan fingerprint density at radius 2 is 1.57 bits per heavy atom. The van der Waals surface area contributed by atoms with Crippen LogP contribution in [-0.4, -0.2) is 14.8 Å². The van der Waals surface area contributed by atoms with Crippen molar-refractivity contribution in [3.8, 4) is 16.9 Å². The van der Waals surface area contributed by atoms with Crippen LogP contribution in [0.3, 0.4) is 0 Å². The molecule has 2 aromatic carbocycles. The van der Waals surface area contributed by atoms with Gasteiger partial charge in [-0.15, -0.1) is 13.2 Å². The van der Waals surface area contributed by atoms with Crippen LogP contribution in [0.15, 0.2) is 52.3 Å². The SMILES string of the molecule is CC1=Cc2ccc(-c3ccc(OC(F)(F)F)cc3)cc2S1(=O)=O. The third-order valence-electron chi connectivity index (χ3n) is 3.51. The molecule has 0 fully saturated rings. The normalized spacial score (nSPS) is 15.9. The molecule has 3 nitrogen and oxygen atoms in total. The summed E-state index contributed by atoms with van der Waals surface area (Å²) in [7, 11) is -3.46. The lowest BCUT2D eigenvalue weighted by Gasteiger charge is -2.10. The summed E-state index contributed by atoms with van der Waals surface area (Å²) >= 11 is 0. The maximum Gasteiger partial charge on any atom is 0.573 e. The van der Waals surface area contributed by atoms with Crippen LogP contribution < -0.4 is 4.74 Å². The minimum Gasteiger partial charge on any atom is -0.406 e. The highest BCUT2D eigenvalue weighted by Gasteiger charge is 2.31. The van der Waals surface area contributed by atoms with Crippen LogP contribution in [-0.2, 0) is 9.84 Å². The number of sulfone groups is 1. The van der Waals surface area contributed by atoms with Gasteiger partial charge in [-0.2, -0.15) is 0 Å². The van der Waals surface area contributed by atoms with Crippen LogP contribution in [0.2, 0.25) is 0 Å². The van der Waals surface area contributed by atoms with Crippen LogP contribution >= 0.6 is 0 Å². The van der Waals surface area contributed by atoms with Gasteiger partial charge in [0, 0.05) is 4.91 Å².